The summed E-state index contributed by atoms with van der Waals surface area (Å²) in [5.41, 5.74) is 2.03. The molecule has 5 rings (SSSR count). The Labute approximate surface area is 220 Å². The highest BCUT2D eigenvalue weighted by Gasteiger charge is 2.50. The van der Waals surface area contributed by atoms with Crippen molar-refractivity contribution >= 4 is 17.8 Å². The summed E-state index contributed by atoms with van der Waals surface area (Å²) in [4.78, 5) is 24.6. The zero-order valence-corrected chi connectivity index (χ0v) is 20.8. The number of fused-ring (bicyclic) bond motifs is 1. The van der Waals surface area contributed by atoms with Crippen molar-refractivity contribution in [2.75, 3.05) is 6.61 Å². The van der Waals surface area contributed by atoms with Crippen molar-refractivity contribution in [3.05, 3.63) is 108 Å². The first-order valence-electron chi connectivity index (χ1n) is 12.5. The molecule has 2 heterocycles. The van der Waals surface area contributed by atoms with Crippen molar-refractivity contribution in [3.63, 3.8) is 0 Å². The van der Waals surface area contributed by atoms with Gasteiger partial charge in [0.1, 0.15) is 30.1 Å². The van der Waals surface area contributed by atoms with Crippen LogP contribution in [0.5, 0.6) is 5.75 Å². The predicted octanol–water partition coefficient (Wildman–Crippen LogP) is 3.67. The van der Waals surface area contributed by atoms with E-state index in [1.165, 1.54) is 13.0 Å². The van der Waals surface area contributed by atoms with Crippen molar-refractivity contribution in [1.82, 2.24) is 5.32 Å². The summed E-state index contributed by atoms with van der Waals surface area (Å²) in [6.45, 7) is 1.53. The maximum absolute atomic E-state index is 12.6. The molecule has 8 heteroatoms. The van der Waals surface area contributed by atoms with Gasteiger partial charge in [-0.2, -0.15) is 0 Å². The smallest absolute Gasteiger partial charge is 0.223 e. The molecule has 2 saturated heterocycles. The molecule has 0 saturated carbocycles. The molecule has 6 unspecified atom stereocenters. The third-order valence-corrected chi connectivity index (χ3v) is 6.44. The lowest BCUT2D eigenvalue weighted by atomic mass is 9.95. The molecule has 6 atom stereocenters. The fourth-order valence-corrected chi connectivity index (χ4v) is 4.58. The number of hydrogen-bond donors (Lipinski definition) is 2. The van der Waals surface area contributed by atoms with Gasteiger partial charge in [0.05, 0.1) is 6.61 Å². The first-order chi connectivity index (χ1) is 18.5. The fourth-order valence-electron chi connectivity index (χ4n) is 4.58. The van der Waals surface area contributed by atoms with E-state index in [0.29, 0.717) is 16.9 Å². The zero-order chi connectivity index (χ0) is 26.5. The molecule has 2 aliphatic rings. The molecule has 0 aromatic heterocycles. The van der Waals surface area contributed by atoms with Crippen molar-refractivity contribution < 1.29 is 33.6 Å². The largest absolute Gasteiger partial charge is 0.462 e. The molecule has 2 aliphatic heterocycles. The summed E-state index contributed by atoms with van der Waals surface area (Å²) in [6, 6.07) is 24.6. The Bertz CT molecular complexity index is 1280. The molecule has 0 spiro atoms. The lowest BCUT2D eigenvalue weighted by Gasteiger charge is -2.47. The number of allylic oxidation sites excluding steroid dienone is 1. The van der Waals surface area contributed by atoms with Gasteiger partial charge >= 0.3 is 0 Å². The summed E-state index contributed by atoms with van der Waals surface area (Å²) in [5.74, 6) is -0.0680. The Morgan fingerprint density at radius 1 is 0.947 bits per heavy atom. The van der Waals surface area contributed by atoms with E-state index in [9.17, 15) is 14.7 Å². The molecule has 3 aromatic rings. The quantitative estimate of drug-likeness (QED) is 0.366. The summed E-state index contributed by atoms with van der Waals surface area (Å²) in [7, 11) is 0. The van der Waals surface area contributed by atoms with E-state index in [1.807, 2.05) is 42.5 Å². The lowest BCUT2D eigenvalue weighted by Crippen LogP contribution is -2.67. The Hall–Kier alpha value is -3.82. The molecule has 2 fully saturated rings. The summed E-state index contributed by atoms with van der Waals surface area (Å²) in [5, 5.41) is 14.0. The fraction of sp³-hybridized carbons (Fsp3) is 0.267. The number of aliphatic hydroxyl groups excluding tert-OH is 1. The van der Waals surface area contributed by atoms with Gasteiger partial charge in [-0.15, -0.1) is 0 Å². The van der Waals surface area contributed by atoms with Crippen LogP contribution in [0.4, 0.5) is 0 Å². The van der Waals surface area contributed by atoms with Crippen LogP contribution in [0.2, 0.25) is 0 Å². The van der Waals surface area contributed by atoms with Crippen LogP contribution in [0, 0.1) is 0 Å². The number of amides is 1. The molecular weight excluding hydrogens is 486 g/mol. The number of aliphatic hydroxyl groups is 1. The molecule has 196 valence electrons. The second-order valence-electron chi connectivity index (χ2n) is 9.16. The highest BCUT2D eigenvalue weighted by Crippen LogP contribution is 2.35. The molecule has 0 bridgehead atoms. The van der Waals surface area contributed by atoms with Crippen LogP contribution in [0.25, 0.3) is 6.08 Å². The topological polar surface area (TPSA) is 103 Å². The zero-order valence-electron chi connectivity index (χ0n) is 20.8. The van der Waals surface area contributed by atoms with Gasteiger partial charge in [-0.25, -0.2) is 0 Å². The SMILES string of the molecule is CC(=O)NC1C(Oc2ccccc2/C=C/C(=O)c2ccccc2)OC2COC(c3ccccc3)OC2C1O. The molecule has 1 amide bonds. The van der Waals surface area contributed by atoms with E-state index < -0.39 is 36.9 Å². The minimum atomic E-state index is -1.12. The van der Waals surface area contributed by atoms with Crippen LogP contribution in [0.3, 0.4) is 0 Å². The van der Waals surface area contributed by atoms with Crippen molar-refractivity contribution in [2.24, 2.45) is 0 Å². The number of para-hydroxylation sites is 1. The molecule has 3 aromatic carbocycles. The van der Waals surface area contributed by atoms with Crippen molar-refractivity contribution in [1.29, 1.82) is 0 Å². The number of nitrogens with one attached hydrogen (secondary N) is 1. The van der Waals surface area contributed by atoms with E-state index in [1.54, 1.807) is 48.5 Å². The van der Waals surface area contributed by atoms with E-state index in [0.717, 1.165) is 5.56 Å². The molecule has 38 heavy (non-hydrogen) atoms. The number of rotatable bonds is 7. The first kappa shape index (κ1) is 25.8. The van der Waals surface area contributed by atoms with Crippen molar-refractivity contribution in [3.8, 4) is 5.75 Å². The predicted molar refractivity (Wildman–Crippen MR) is 139 cm³/mol. The van der Waals surface area contributed by atoms with Crippen LogP contribution < -0.4 is 10.1 Å². The minimum Gasteiger partial charge on any atom is -0.462 e. The van der Waals surface area contributed by atoms with Crippen LogP contribution in [0.15, 0.2) is 91.0 Å². The van der Waals surface area contributed by atoms with Gasteiger partial charge in [0.25, 0.3) is 0 Å². The lowest BCUT2D eigenvalue weighted by molar-refractivity contribution is -0.333. The van der Waals surface area contributed by atoms with Crippen LogP contribution in [0.1, 0.15) is 34.7 Å². The van der Waals surface area contributed by atoms with E-state index in [-0.39, 0.29) is 18.3 Å². The molecule has 0 aliphatic carbocycles. The maximum atomic E-state index is 12.6. The van der Waals surface area contributed by atoms with E-state index in [2.05, 4.69) is 5.32 Å². The minimum absolute atomic E-state index is 0.145. The first-order valence-corrected chi connectivity index (χ1v) is 12.5. The highest BCUT2D eigenvalue weighted by molar-refractivity contribution is 6.06. The number of carbonyl (C=O) groups excluding carboxylic acids is 2. The molecular formula is C30H29NO7. The second kappa shape index (κ2) is 11.7. The summed E-state index contributed by atoms with van der Waals surface area (Å²) in [6.07, 6.45) is -1.06. The summed E-state index contributed by atoms with van der Waals surface area (Å²) < 4.78 is 24.3. The van der Waals surface area contributed by atoms with Gasteiger partial charge in [-0.1, -0.05) is 78.9 Å². The highest BCUT2D eigenvalue weighted by atomic mass is 16.7. The van der Waals surface area contributed by atoms with Gasteiger partial charge in [0.15, 0.2) is 12.1 Å². The third-order valence-electron chi connectivity index (χ3n) is 6.44. The Morgan fingerprint density at radius 3 is 2.37 bits per heavy atom. The number of carbonyl (C=O) groups is 2. The third kappa shape index (κ3) is 5.84. The monoisotopic (exact) mass is 515 g/mol. The van der Waals surface area contributed by atoms with Gasteiger partial charge in [-0.05, 0) is 18.2 Å². The number of ketones is 1. The van der Waals surface area contributed by atoms with Gasteiger partial charge in [0, 0.05) is 23.6 Å². The van der Waals surface area contributed by atoms with E-state index >= 15 is 0 Å². The standard InChI is InChI=1S/C30H29NO7/c1-19(32)31-26-27(34)28-25(18-35-29(38-28)22-13-6-3-7-14-22)37-30(26)36-24-15-9-8-12-21(24)16-17-23(33)20-10-4-2-5-11-20/h2-17,25-30,34H,18H2,1H3,(H,31,32)/b17-16+. The molecule has 2 N–H and O–H groups in total. The van der Waals surface area contributed by atoms with Crippen LogP contribution in [-0.4, -0.2) is 54.0 Å². The van der Waals surface area contributed by atoms with Gasteiger partial charge in [-0.3, -0.25) is 9.59 Å². The van der Waals surface area contributed by atoms with Gasteiger partial charge in [0.2, 0.25) is 12.2 Å². The number of benzene rings is 3. The second-order valence-corrected chi connectivity index (χ2v) is 9.16. The average molecular weight is 516 g/mol. The summed E-state index contributed by atoms with van der Waals surface area (Å²) >= 11 is 0. The Morgan fingerprint density at radius 2 is 1.63 bits per heavy atom. The molecule has 0 radical (unpaired) electrons. The van der Waals surface area contributed by atoms with Crippen LogP contribution >= 0.6 is 0 Å². The number of ether oxygens (including phenoxy) is 4. The van der Waals surface area contributed by atoms with Crippen LogP contribution in [-0.2, 0) is 19.0 Å². The molecule has 8 nitrogen and oxygen atoms in total. The average Bonchev–Trinajstić information content (AvgIpc) is 2.95. The maximum Gasteiger partial charge on any atom is 0.223 e. The number of hydrogen-bond acceptors (Lipinski definition) is 7. The van der Waals surface area contributed by atoms with Crippen molar-refractivity contribution in [2.45, 2.75) is 43.9 Å². The Balaban J connectivity index is 1.35. The Kier molecular flexibility index (Phi) is 7.95. The van der Waals surface area contributed by atoms with E-state index in [4.69, 9.17) is 18.9 Å². The van der Waals surface area contributed by atoms with Gasteiger partial charge < -0.3 is 29.4 Å². The normalized spacial score (nSPS) is 26.9.